The van der Waals surface area contributed by atoms with Crippen LogP contribution in [0.15, 0.2) is 38.2 Å². The van der Waals surface area contributed by atoms with Crippen LogP contribution in [0.2, 0.25) is 5.02 Å². The third kappa shape index (κ3) is 3.22. The molecule has 0 unspecified atom stereocenters. The summed E-state index contributed by atoms with van der Waals surface area (Å²) in [5, 5.41) is 18.9. The topological polar surface area (TPSA) is 109 Å². The van der Waals surface area contributed by atoms with Crippen molar-refractivity contribution < 1.29 is 5.21 Å². The van der Waals surface area contributed by atoms with Crippen LogP contribution >= 0.6 is 23.4 Å². The van der Waals surface area contributed by atoms with E-state index in [1.54, 1.807) is 22.8 Å². The molecule has 0 saturated carbocycles. The lowest BCUT2D eigenvalue weighted by atomic mass is 10.2. The molecule has 0 aliphatic carbocycles. The van der Waals surface area contributed by atoms with Crippen LogP contribution < -0.4 is 11.4 Å². The van der Waals surface area contributed by atoms with Gasteiger partial charge in [-0.15, -0.1) is 5.10 Å². The van der Waals surface area contributed by atoms with Crippen LogP contribution in [-0.2, 0) is 0 Å². The minimum absolute atomic E-state index is 0.00865. The Morgan fingerprint density at radius 2 is 2.29 bits per heavy atom. The molecule has 0 aliphatic rings. The van der Waals surface area contributed by atoms with Crippen molar-refractivity contribution in [2.75, 3.05) is 0 Å². The Balaban J connectivity index is 2.33. The molecule has 0 fully saturated rings. The van der Waals surface area contributed by atoms with E-state index >= 15 is 0 Å². The van der Waals surface area contributed by atoms with Gasteiger partial charge in [0, 0.05) is 16.5 Å². The summed E-state index contributed by atoms with van der Waals surface area (Å²) in [6, 6.07) is 5.06. The van der Waals surface area contributed by atoms with Crippen molar-refractivity contribution in [3.05, 3.63) is 39.3 Å². The van der Waals surface area contributed by atoms with E-state index in [9.17, 15) is 4.79 Å². The number of hydrogen-bond donors (Lipinski definition) is 3. The van der Waals surface area contributed by atoms with Crippen LogP contribution in [0.25, 0.3) is 0 Å². The van der Waals surface area contributed by atoms with Gasteiger partial charge in [0.05, 0.1) is 5.02 Å². The second-order valence-electron chi connectivity index (χ2n) is 4.50. The third-order valence-corrected chi connectivity index (χ3v) is 3.99. The first-order chi connectivity index (χ1) is 9.93. The fraction of sp³-hybridized carbons (Fsp3) is 0.250. The molecule has 0 amide bonds. The van der Waals surface area contributed by atoms with Crippen molar-refractivity contribution in [1.29, 1.82) is 0 Å². The van der Waals surface area contributed by atoms with E-state index in [4.69, 9.17) is 22.5 Å². The van der Waals surface area contributed by atoms with Crippen LogP contribution in [0.5, 0.6) is 0 Å². The maximum absolute atomic E-state index is 11.7. The number of oxime groups is 1. The smallest absolute Gasteiger partial charge is 0.344 e. The molecule has 7 nitrogen and oxygen atoms in total. The maximum atomic E-state index is 11.7. The van der Waals surface area contributed by atoms with Gasteiger partial charge in [-0.2, -0.15) is 0 Å². The molecule has 4 N–H and O–H groups in total. The Labute approximate surface area is 129 Å². The molecular formula is C12H14ClN5O2S. The quantitative estimate of drug-likeness (QED) is 0.344. The molecule has 1 heterocycles. The molecule has 0 atom stereocenters. The minimum Gasteiger partial charge on any atom is -0.409 e. The van der Waals surface area contributed by atoms with Crippen LogP contribution in [-0.4, -0.2) is 25.8 Å². The lowest BCUT2D eigenvalue weighted by molar-refractivity contribution is 0.318. The number of rotatable bonds is 4. The molecule has 0 spiro atoms. The zero-order valence-corrected chi connectivity index (χ0v) is 12.9. The standard InChI is InChI=1S/C12H14ClN5O2S/c1-6(2)18-11(19)15-16-12(18)21-7-3-4-8(9(13)5-7)10(14)17-20/h3-6,20H,1-2H3,(H2,14,17)(H,15,19). The lowest BCUT2D eigenvalue weighted by Gasteiger charge is -2.09. The molecule has 1 aromatic carbocycles. The Morgan fingerprint density at radius 1 is 1.57 bits per heavy atom. The second-order valence-corrected chi connectivity index (χ2v) is 5.95. The van der Waals surface area contributed by atoms with Gasteiger partial charge in [0.1, 0.15) is 0 Å². The third-order valence-electron chi connectivity index (χ3n) is 2.72. The van der Waals surface area contributed by atoms with Gasteiger partial charge in [-0.1, -0.05) is 16.8 Å². The van der Waals surface area contributed by atoms with Gasteiger partial charge in [0.25, 0.3) is 0 Å². The molecule has 0 saturated heterocycles. The SMILES string of the molecule is CC(C)n1c(Sc2ccc(C(N)=NO)c(Cl)c2)n[nH]c1=O. The summed E-state index contributed by atoms with van der Waals surface area (Å²) in [5.74, 6) is -0.0598. The van der Waals surface area contributed by atoms with Crippen LogP contribution in [0.4, 0.5) is 0 Å². The fourth-order valence-electron chi connectivity index (χ4n) is 1.74. The summed E-state index contributed by atoms with van der Waals surface area (Å²) in [4.78, 5) is 12.5. The van der Waals surface area contributed by atoms with E-state index < -0.39 is 0 Å². The maximum Gasteiger partial charge on any atom is 0.344 e. The summed E-state index contributed by atoms with van der Waals surface area (Å²) < 4.78 is 1.55. The number of hydrogen-bond acceptors (Lipinski definition) is 5. The first kappa shape index (κ1) is 15.5. The van der Waals surface area contributed by atoms with Gasteiger partial charge in [0.15, 0.2) is 11.0 Å². The normalized spacial score (nSPS) is 12.1. The highest BCUT2D eigenvalue weighted by atomic mass is 35.5. The summed E-state index contributed by atoms with van der Waals surface area (Å²) in [6.07, 6.45) is 0. The Kier molecular flexibility index (Phi) is 4.59. The number of aromatic nitrogens is 3. The number of amidine groups is 1. The molecule has 112 valence electrons. The van der Waals surface area contributed by atoms with E-state index in [1.807, 2.05) is 13.8 Å². The van der Waals surface area contributed by atoms with Crippen LogP contribution in [0.1, 0.15) is 25.5 Å². The van der Waals surface area contributed by atoms with E-state index in [2.05, 4.69) is 15.4 Å². The molecular weight excluding hydrogens is 314 g/mol. The van der Waals surface area contributed by atoms with Gasteiger partial charge in [-0.05, 0) is 43.8 Å². The van der Waals surface area contributed by atoms with Crippen LogP contribution in [0, 0.1) is 0 Å². The van der Waals surface area contributed by atoms with Crippen LogP contribution in [0.3, 0.4) is 0 Å². The second kappa shape index (κ2) is 6.23. The minimum atomic E-state index is -0.258. The lowest BCUT2D eigenvalue weighted by Crippen LogP contribution is -2.19. The number of halogens is 1. The van der Waals surface area contributed by atoms with Crippen molar-refractivity contribution in [3.8, 4) is 0 Å². The molecule has 2 rings (SSSR count). The molecule has 0 aliphatic heterocycles. The van der Waals surface area contributed by atoms with Gasteiger partial charge < -0.3 is 10.9 Å². The highest BCUT2D eigenvalue weighted by molar-refractivity contribution is 7.99. The van der Waals surface area contributed by atoms with E-state index in [1.165, 1.54) is 11.8 Å². The van der Waals surface area contributed by atoms with Gasteiger partial charge in [-0.25, -0.2) is 9.89 Å². The molecule has 2 aromatic rings. The van der Waals surface area contributed by atoms with Gasteiger partial charge in [-0.3, -0.25) is 4.57 Å². The summed E-state index contributed by atoms with van der Waals surface area (Å²) in [7, 11) is 0. The Morgan fingerprint density at radius 3 is 2.86 bits per heavy atom. The van der Waals surface area contributed by atoms with Crippen molar-refractivity contribution in [1.82, 2.24) is 14.8 Å². The van der Waals surface area contributed by atoms with Gasteiger partial charge >= 0.3 is 5.69 Å². The van der Waals surface area contributed by atoms with Crippen molar-refractivity contribution in [2.45, 2.75) is 29.9 Å². The number of nitrogens with two attached hydrogens (primary N) is 1. The largest absolute Gasteiger partial charge is 0.409 e. The molecule has 0 radical (unpaired) electrons. The predicted molar refractivity (Wildman–Crippen MR) is 81.3 cm³/mol. The highest BCUT2D eigenvalue weighted by Crippen LogP contribution is 2.30. The van der Waals surface area contributed by atoms with E-state index in [-0.39, 0.29) is 17.6 Å². The number of benzene rings is 1. The molecule has 21 heavy (non-hydrogen) atoms. The summed E-state index contributed by atoms with van der Waals surface area (Å²) in [6.45, 7) is 3.80. The first-order valence-electron chi connectivity index (χ1n) is 6.06. The summed E-state index contributed by atoms with van der Waals surface area (Å²) >= 11 is 7.39. The Hall–Kier alpha value is -1.93. The summed E-state index contributed by atoms with van der Waals surface area (Å²) in [5.41, 5.74) is 5.69. The first-order valence-corrected chi connectivity index (χ1v) is 7.25. The zero-order valence-electron chi connectivity index (χ0n) is 11.4. The number of nitrogens with one attached hydrogen (secondary N) is 1. The Bertz CT molecular complexity index is 737. The monoisotopic (exact) mass is 327 g/mol. The van der Waals surface area contributed by atoms with Gasteiger partial charge in [0.2, 0.25) is 0 Å². The molecule has 0 bridgehead atoms. The predicted octanol–water partition coefficient (Wildman–Crippen LogP) is 2.05. The van der Waals surface area contributed by atoms with Crippen molar-refractivity contribution in [3.63, 3.8) is 0 Å². The van der Waals surface area contributed by atoms with Crippen molar-refractivity contribution >= 4 is 29.2 Å². The highest BCUT2D eigenvalue weighted by Gasteiger charge is 2.14. The average Bonchev–Trinajstić information content (AvgIpc) is 2.79. The average molecular weight is 328 g/mol. The number of H-pyrrole nitrogens is 1. The number of aromatic amines is 1. The zero-order chi connectivity index (χ0) is 15.6. The van der Waals surface area contributed by atoms with E-state index in [0.29, 0.717) is 15.7 Å². The van der Waals surface area contributed by atoms with E-state index in [0.717, 1.165) is 4.90 Å². The fourth-order valence-corrected chi connectivity index (χ4v) is 3.09. The molecule has 1 aromatic heterocycles. The number of nitrogens with zero attached hydrogens (tertiary/aromatic N) is 3. The van der Waals surface area contributed by atoms with Crippen molar-refractivity contribution in [2.24, 2.45) is 10.9 Å². The molecule has 9 heteroatoms.